The molecular weight excluding hydrogens is 262 g/mol. The van der Waals surface area contributed by atoms with Crippen molar-refractivity contribution in [1.82, 2.24) is 5.32 Å². The Morgan fingerprint density at radius 3 is 2.40 bits per heavy atom. The lowest BCUT2D eigenvalue weighted by Gasteiger charge is -2.28. The number of nitrogens with one attached hydrogen (secondary N) is 1. The number of hydrogen-bond donors (Lipinski definition) is 2. The molecule has 20 heavy (non-hydrogen) atoms. The third kappa shape index (κ3) is 4.00. The molecule has 0 saturated heterocycles. The maximum atomic E-state index is 13.8. The van der Waals surface area contributed by atoms with E-state index in [2.05, 4.69) is 5.32 Å². The summed E-state index contributed by atoms with van der Waals surface area (Å²) in [4.78, 5) is 12.1. The molecular formula is C15H22F2N2O. The Kier molecular flexibility index (Phi) is 5.22. The Balaban J connectivity index is 2.90. The van der Waals surface area contributed by atoms with Gasteiger partial charge in [-0.05, 0) is 17.9 Å². The summed E-state index contributed by atoms with van der Waals surface area (Å²) in [5.74, 6) is -1.65. The lowest BCUT2D eigenvalue weighted by molar-refractivity contribution is -0.125. The summed E-state index contributed by atoms with van der Waals surface area (Å²) in [6.07, 6.45) is 0.491. The van der Waals surface area contributed by atoms with Crippen LogP contribution in [0.1, 0.15) is 45.7 Å². The first-order valence-electron chi connectivity index (χ1n) is 6.67. The number of benzene rings is 1. The van der Waals surface area contributed by atoms with Gasteiger partial charge in [0.1, 0.15) is 11.6 Å². The first-order chi connectivity index (χ1) is 9.16. The lowest BCUT2D eigenvalue weighted by atomic mass is 9.86. The summed E-state index contributed by atoms with van der Waals surface area (Å²) in [7, 11) is 0. The molecule has 112 valence electrons. The second kappa shape index (κ2) is 6.31. The van der Waals surface area contributed by atoms with Crippen LogP contribution < -0.4 is 11.1 Å². The highest BCUT2D eigenvalue weighted by atomic mass is 19.1. The van der Waals surface area contributed by atoms with E-state index in [-0.39, 0.29) is 16.9 Å². The molecule has 0 bridgehead atoms. The average molecular weight is 284 g/mol. The van der Waals surface area contributed by atoms with Crippen molar-refractivity contribution in [3.63, 3.8) is 0 Å². The highest BCUT2D eigenvalue weighted by Gasteiger charge is 2.29. The zero-order chi connectivity index (χ0) is 15.5. The molecule has 3 N–H and O–H groups in total. The summed E-state index contributed by atoms with van der Waals surface area (Å²) in [5.41, 5.74) is 5.75. The van der Waals surface area contributed by atoms with Crippen molar-refractivity contribution in [1.29, 1.82) is 0 Å². The van der Waals surface area contributed by atoms with E-state index in [1.54, 1.807) is 0 Å². The van der Waals surface area contributed by atoms with Crippen LogP contribution in [0.3, 0.4) is 0 Å². The van der Waals surface area contributed by atoms with Gasteiger partial charge in [0.05, 0.1) is 12.1 Å². The molecule has 0 aromatic heterocycles. The first-order valence-corrected chi connectivity index (χ1v) is 6.67. The normalized spacial score (nSPS) is 14.8. The zero-order valence-corrected chi connectivity index (χ0v) is 12.3. The minimum atomic E-state index is -0.694. The van der Waals surface area contributed by atoms with Crippen molar-refractivity contribution in [2.45, 2.75) is 46.2 Å². The summed E-state index contributed by atoms with van der Waals surface area (Å²) < 4.78 is 26.7. The van der Waals surface area contributed by atoms with Crippen molar-refractivity contribution < 1.29 is 13.6 Å². The molecule has 1 rings (SSSR count). The molecule has 0 aliphatic carbocycles. The highest BCUT2D eigenvalue weighted by Crippen LogP contribution is 2.23. The van der Waals surface area contributed by atoms with Crippen LogP contribution >= 0.6 is 0 Å². The fraction of sp³-hybridized carbons (Fsp3) is 0.533. The van der Waals surface area contributed by atoms with Crippen molar-refractivity contribution in [2.75, 3.05) is 0 Å². The van der Waals surface area contributed by atoms with E-state index in [4.69, 9.17) is 5.73 Å². The number of carbonyl (C=O) groups is 1. The Hall–Kier alpha value is -1.49. The Bertz CT molecular complexity index is 483. The van der Waals surface area contributed by atoms with Crippen molar-refractivity contribution in [3.05, 3.63) is 35.4 Å². The summed E-state index contributed by atoms with van der Waals surface area (Å²) in [6, 6.07) is 2.13. The lowest BCUT2D eigenvalue weighted by Crippen LogP contribution is -2.49. The van der Waals surface area contributed by atoms with Crippen molar-refractivity contribution >= 4 is 5.91 Å². The van der Waals surface area contributed by atoms with E-state index in [0.717, 1.165) is 6.07 Å². The fourth-order valence-electron chi connectivity index (χ4n) is 1.84. The molecule has 1 aromatic carbocycles. The standard InChI is InChI=1S/C15H22F2N2O/c1-5-12(10-7-6-9(16)8-11(10)17)19-14(20)13(18)15(2,3)4/h6-8,12-13H,5,18H2,1-4H3,(H,19,20)/t12?,13-/m1/s1. The minimum Gasteiger partial charge on any atom is -0.348 e. The smallest absolute Gasteiger partial charge is 0.237 e. The van der Waals surface area contributed by atoms with Gasteiger partial charge < -0.3 is 11.1 Å². The fourth-order valence-corrected chi connectivity index (χ4v) is 1.84. The molecule has 5 heteroatoms. The number of carbonyl (C=O) groups excluding carboxylic acids is 1. The molecule has 0 fully saturated rings. The average Bonchev–Trinajstić information content (AvgIpc) is 2.34. The van der Waals surface area contributed by atoms with E-state index in [1.165, 1.54) is 12.1 Å². The summed E-state index contributed by atoms with van der Waals surface area (Å²) in [5, 5.41) is 2.72. The van der Waals surface area contributed by atoms with E-state index in [9.17, 15) is 13.6 Å². The number of nitrogens with two attached hydrogens (primary N) is 1. The SMILES string of the molecule is CCC(NC(=O)[C@@H](N)C(C)(C)C)c1ccc(F)cc1F. The van der Waals surface area contributed by atoms with Gasteiger partial charge in [-0.2, -0.15) is 0 Å². The molecule has 3 nitrogen and oxygen atoms in total. The monoisotopic (exact) mass is 284 g/mol. The zero-order valence-electron chi connectivity index (χ0n) is 12.3. The van der Waals surface area contributed by atoms with Gasteiger partial charge in [0.15, 0.2) is 0 Å². The van der Waals surface area contributed by atoms with Crippen molar-refractivity contribution in [2.24, 2.45) is 11.1 Å². The predicted octanol–water partition coefficient (Wildman–Crippen LogP) is 2.91. The third-order valence-corrected chi connectivity index (χ3v) is 3.28. The third-order valence-electron chi connectivity index (χ3n) is 3.28. The molecule has 2 atom stereocenters. The molecule has 0 radical (unpaired) electrons. The van der Waals surface area contributed by atoms with Crippen LogP contribution in [0, 0.1) is 17.0 Å². The van der Waals surface area contributed by atoms with Crippen LogP contribution in [0.2, 0.25) is 0 Å². The van der Waals surface area contributed by atoms with Gasteiger partial charge in [0.25, 0.3) is 0 Å². The van der Waals surface area contributed by atoms with Crippen LogP contribution in [-0.4, -0.2) is 11.9 Å². The summed E-state index contributed by atoms with van der Waals surface area (Å²) in [6.45, 7) is 7.39. The van der Waals surface area contributed by atoms with E-state index >= 15 is 0 Å². The van der Waals surface area contributed by atoms with Crippen LogP contribution in [0.25, 0.3) is 0 Å². The minimum absolute atomic E-state index is 0.267. The second-order valence-corrected chi connectivity index (χ2v) is 5.98. The molecule has 1 amide bonds. The number of halogens is 2. The Morgan fingerprint density at radius 2 is 1.95 bits per heavy atom. The molecule has 1 aromatic rings. The predicted molar refractivity (Wildman–Crippen MR) is 75.0 cm³/mol. The van der Waals surface area contributed by atoms with E-state index in [0.29, 0.717) is 6.42 Å². The molecule has 1 unspecified atom stereocenters. The van der Waals surface area contributed by atoms with E-state index in [1.807, 2.05) is 27.7 Å². The maximum Gasteiger partial charge on any atom is 0.237 e. The molecule has 0 aliphatic rings. The first kappa shape index (κ1) is 16.6. The second-order valence-electron chi connectivity index (χ2n) is 5.98. The van der Waals surface area contributed by atoms with Gasteiger partial charge in [0.2, 0.25) is 5.91 Å². The molecule has 0 aliphatic heterocycles. The molecule has 0 saturated carbocycles. The van der Waals surface area contributed by atoms with Gasteiger partial charge in [0, 0.05) is 11.6 Å². The number of hydrogen-bond acceptors (Lipinski definition) is 2. The number of amides is 1. The van der Waals surface area contributed by atoms with Gasteiger partial charge in [-0.25, -0.2) is 8.78 Å². The van der Waals surface area contributed by atoms with Crippen LogP contribution in [0.15, 0.2) is 18.2 Å². The highest BCUT2D eigenvalue weighted by molar-refractivity contribution is 5.82. The Morgan fingerprint density at radius 1 is 1.35 bits per heavy atom. The van der Waals surface area contributed by atoms with Crippen LogP contribution in [0.4, 0.5) is 8.78 Å². The van der Waals surface area contributed by atoms with Gasteiger partial charge >= 0.3 is 0 Å². The van der Waals surface area contributed by atoms with Gasteiger partial charge in [-0.1, -0.05) is 33.8 Å². The van der Waals surface area contributed by atoms with Gasteiger partial charge in [-0.15, -0.1) is 0 Å². The van der Waals surface area contributed by atoms with Crippen LogP contribution in [-0.2, 0) is 4.79 Å². The van der Waals surface area contributed by atoms with Crippen molar-refractivity contribution in [3.8, 4) is 0 Å². The maximum absolute atomic E-state index is 13.8. The molecule has 0 spiro atoms. The van der Waals surface area contributed by atoms with E-state index < -0.39 is 23.7 Å². The number of rotatable bonds is 4. The Labute approximate surface area is 118 Å². The van der Waals surface area contributed by atoms with Crippen LogP contribution in [0.5, 0.6) is 0 Å². The summed E-state index contributed by atoms with van der Waals surface area (Å²) >= 11 is 0. The topological polar surface area (TPSA) is 55.1 Å². The van der Waals surface area contributed by atoms with Gasteiger partial charge in [-0.3, -0.25) is 4.79 Å². The molecule has 0 heterocycles. The largest absolute Gasteiger partial charge is 0.348 e. The quantitative estimate of drug-likeness (QED) is 0.893.